The molecule has 0 aliphatic carbocycles. The van der Waals surface area contributed by atoms with Crippen LogP contribution < -0.4 is 4.90 Å². The van der Waals surface area contributed by atoms with Crippen molar-refractivity contribution in [1.29, 1.82) is 0 Å². The Balaban J connectivity index is 2.26. The molecule has 0 saturated carbocycles. The summed E-state index contributed by atoms with van der Waals surface area (Å²) >= 11 is 6.00. The summed E-state index contributed by atoms with van der Waals surface area (Å²) in [5.74, 6) is 0.919. The topological polar surface area (TPSA) is 38.2 Å². The maximum absolute atomic E-state index is 6.00. The molecular formula is C11H16ClN3O. The monoisotopic (exact) mass is 241 g/mol. The predicted octanol–water partition coefficient (Wildman–Crippen LogP) is 2.05. The van der Waals surface area contributed by atoms with Gasteiger partial charge in [-0.1, -0.05) is 11.6 Å². The Morgan fingerprint density at radius 1 is 1.31 bits per heavy atom. The molecule has 16 heavy (non-hydrogen) atoms. The van der Waals surface area contributed by atoms with Crippen LogP contribution in [-0.4, -0.2) is 35.3 Å². The number of nitrogens with zero attached hydrogens (tertiary/aromatic N) is 3. The maximum atomic E-state index is 6.00. The van der Waals surface area contributed by atoms with Crippen molar-refractivity contribution in [2.24, 2.45) is 0 Å². The number of rotatable bonds is 1. The lowest BCUT2D eigenvalue weighted by Gasteiger charge is -2.36. The number of halogens is 1. The van der Waals surface area contributed by atoms with Crippen molar-refractivity contribution in [3.8, 4) is 0 Å². The van der Waals surface area contributed by atoms with Crippen molar-refractivity contribution >= 4 is 17.4 Å². The largest absolute Gasteiger partial charge is 0.372 e. The van der Waals surface area contributed by atoms with Crippen LogP contribution in [0.1, 0.15) is 19.4 Å². The second-order valence-corrected chi connectivity index (χ2v) is 4.63. The predicted molar refractivity (Wildman–Crippen MR) is 64.0 cm³/mol. The molecule has 0 amide bonds. The Morgan fingerprint density at radius 2 is 1.94 bits per heavy atom. The van der Waals surface area contributed by atoms with Gasteiger partial charge in [0, 0.05) is 18.7 Å². The van der Waals surface area contributed by atoms with Gasteiger partial charge in [-0.05, 0) is 20.8 Å². The molecule has 88 valence electrons. The Morgan fingerprint density at radius 3 is 2.56 bits per heavy atom. The van der Waals surface area contributed by atoms with E-state index in [4.69, 9.17) is 16.3 Å². The van der Waals surface area contributed by atoms with Crippen LogP contribution in [0.25, 0.3) is 0 Å². The van der Waals surface area contributed by atoms with E-state index in [1.54, 1.807) is 0 Å². The zero-order valence-electron chi connectivity index (χ0n) is 9.77. The van der Waals surface area contributed by atoms with Crippen molar-refractivity contribution in [2.45, 2.75) is 33.0 Å². The van der Waals surface area contributed by atoms with E-state index in [1.165, 1.54) is 6.33 Å². The first-order chi connectivity index (χ1) is 7.58. The maximum Gasteiger partial charge on any atom is 0.137 e. The van der Waals surface area contributed by atoms with E-state index in [2.05, 4.69) is 28.7 Å². The first-order valence-corrected chi connectivity index (χ1v) is 5.83. The SMILES string of the molecule is Cc1c(Cl)ncnc1N1CC(C)OC(C)C1. The molecule has 0 radical (unpaired) electrons. The third kappa shape index (κ3) is 2.28. The van der Waals surface area contributed by atoms with Crippen LogP contribution >= 0.6 is 11.6 Å². The zero-order valence-corrected chi connectivity index (χ0v) is 10.5. The lowest BCUT2D eigenvalue weighted by Crippen LogP contribution is -2.46. The molecule has 4 nitrogen and oxygen atoms in total. The molecular weight excluding hydrogens is 226 g/mol. The van der Waals surface area contributed by atoms with Crippen LogP contribution in [0.15, 0.2) is 6.33 Å². The van der Waals surface area contributed by atoms with Gasteiger partial charge in [0.2, 0.25) is 0 Å². The van der Waals surface area contributed by atoms with Gasteiger partial charge in [-0.25, -0.2) is 9.97 Å². The van der Waals surface area contributed by atoms with Crippen LogP contribution in [0, 0.1) is 6.92 Å². The summed E-state index contributed by atoms with van der Waals surface area (Å²) in [5, 5.41) is 0.525. The van der Waals surface area contributed by atoms with E-state index in [9.17, 15) is 0 Å². The van der Waals surface area contributed by atoms with Gasteiger partial charge in [0.05, 0.1) is 12.2 Å². The number of aromatic nitrogens is 2. The molecule has 1 fully saturated rings. The normalized spacial score (nSPS) is 25.9. The first-order valence-electron chi connectivity index (χ1n) is 5.45. The molecule has 1 saturated heterocycles. The summed E-state index contributed by atoms with van der Waals surface area (Å²) in [7, 11) is 0. The highest BCUT2D eigenvalue weighted by Crippen LogP contribution is 2.24. The summed E-state index contributed by atoms with van der Waals surface area (Å²) in [4.78, 5) is 10.5. The van der Waals surface area contributed by atoms with Crippen LogP contribution in [0.5, 0.6) is 0 Å². The Bertz CT molecular complexity index is 375. The first kappa shape index (κ1) is 11.6. The van der Waals surface area contributed by atoms with Gasteiger partial charge in [0.25, 0.3) is 0 Å². The van der Waals surface area contributed by atoms with Gasteiger partial charge in [0.1, 0.15) is 17.3 Å². The van der Waals surface area contributed by atoms with Gasteiger partial charge < -0.3 is 9.64 Å². The molecule has 1 aliphatic heterocycles. The minimum Gasteiger partial charge on any atom is -0.372 e. The highest BCUT2D eigenvalue weighted by molar-refractivity contribution is 6.30. The fourth-order valence-electron chi connectivity index (χ4n) is 2.09. The lowest BCUT2D eigenvalue weighted by molar-refractivity contribution is -0.00549. The van der Waals surface area contributed by atoms with Gasteiger partial charge in [-0.15, -0.1) is 0 Å². The average Bonchev–Trinajstić information content (AvgIpc) is 2.20. The van der Waals surface area contributed by atoms with E-state index < -0.39 is 0 Å². The molecule has 0 N–H and O–H groups in total. The highest BCUT2D eigenvalue weighted by atomic mass is 35.5. The second kappa shape index (κ2) is 4.55. The van der Waals surface area contributed by atoms with E-state index in [1.807, 2.05) is 6.92 Å². The second-order valence-electron chi connectivity index (χ2n) is 4.28. The Labute approximate surface area is 101 Å². The van der Waals surface area contributed by atoms with Crippen molar-refractivity contribution in [2.75, 3.05) is 18.0 Å². The minimum atomic E-state index is 0.219. The molecule has 1 aromatic heterocycles. The summed E-state index contributed by atoms with van der Waals surface area (Å²) in [6, 6.07) is 0. The Kier molecular flexibility index (Phi) is 3.30. The molecule has 2 rings (SSSR count). The molecule has 2 unspecified atom stereocenters. The average molecular weight is 242 g/mol. The number of hydrogen-bond acceptors (Lipinski definition) is 4. The standard InChI is InChI=1S/C11H16ClN3O/c1-7-4-15(5-8(2)16-7)11-9(3)10(12)13-6-14-11/h6-8H,4-5H2,1-3H3. The van der Waals surface area contributed by atoms with Crippen LogP contribution in [-0.2, 0) is 4.74 Å². The molecule has 0 bridgehead atoms. The number of hydrogen-bond donors (Lipinski definition) is 0. The van der Waals surface area contributed by atoms with Gasteiger partial charge in [-0.2, -0.15) is 0 Å². The summed E-state index contributed by atoms with van der Waals surface area (Å²) in [6.45, 7) is 7.78. The van der Waals surface area contributed by atoms with Crippen molar-refractivity contribution in [3.05, 3.63) is 17.0 Å². The number of anilines is 1. The summed E-state index contributed by atoms with van der Waals surface area (Å²) < 4.78 is 5.69. The zero-order chi connectivity index (χ0) is 11.7. The van der Waals surface area contributed by atoms with E-state index >= 15 is 0 Å². The van der Waals surface area contributed by atoms with Crippen LogP contribution in [0.3, 0.4) is 0 Å². The van der Waals surface area contributed by atoms with E-state index in [-0.39, 0.29) is 12.2 Å². The van der Waals surface area contributed by atoms with Gasteiger partial charge in [0.15, 0.2) is 0 Å². The van der Waals surface area contributed by atoms with Crippen molar-refractivity contribution < 1.29 is 4.74 Å². The lowest BCUT2D eigenvalue weighted by atomic mass is 10.2. The molecule has 1 aliphatic rings. The third-order valence-corrected chi connectivity index (χ3v) is 3.10. The molecule has 2 atom stereocenters. The van der Waals surface area contributed by atoms with Crippen LogP contribution in [0.4, 0.5) is 5.82 Å². The van der Waals surface area contributed by atoms with Crippen LogP contribution in [0.2, 0.25) is 5.15 Å². The molecule has 0 spiro atoms. The molecule has 5 heteroatoms. The van der Waals surface area contributed by atoms with E-state index in [0.717, 1.165) is 24.5 Å². The number of ether oxygens (including phenoxy) is 1. The minimum absolute atomic E-state index is 0.219. The summed E-state index contributed by atoms with van der Waals surface area (Å²) in [6.07, 6.45) is 1.95. The van der Waals surface area contributed by atoms with Gasteiger partial charge in [-0.3, -0.25) is 0 Å². The third-order valence-electron chi connectivity index (χ3n) is 2.72. The quantitative estimate of drug-likeness (QED) is 0.706. The van der Waals surface area contributed by atoms with Gasteiger partial charge >= 0.3 is 0 Å². The highest BCUT2D eigenvalue weighted by Gasteiger charge is 2.24. The molecule has 0 aromatic carbocycles. The van der Waals surface area contributed by atoms with E-state index in [0.29, 0.717) is 5.15 Å². The fraction of sp³-hybridized carbons (Fsp3) is 0.636. The van der Waals surface area contributed by atoms with Crippen molar-refractivity contribution in [1.82, 2.24) is 9.97 Å². The summed E-state index contributed by atoms with van der Waals surface area (Å²) in [5.41, 5.74) is 0.936. The molecule has 1 aromatic rings. The molecule has 2 heterocycles. The number of morpholine rings is 1. The van der Waals surface area contributed by atoms with Crippen molar-refractivity contribution in [3.63, 3.8) is 0 Å². The smallest absolute Gasteiger partial charge is 0.137 e. The Hall–Kier alpha value is -0.870. The fourth-order valence-corrected chi connectivity index (χ4v) is 2.22.